The Hall–Kier alpha value is -0.420. The standard InChI is InChI=1S/C9H19NO3S/c1-4-8(2)10-7-9(11)5-6-14(3,12)13/h8,10H,4-7H2,1-3H3. The molecule has 0 rings (SSSR count). The maximum atomic E-state index is 11.2. The van der Waals surface area contributed by atoms with Crippen molar-refractivity contribution in [3.63, 3.8) is 0 Å². The Morgan fingerprint density at radius 3 is 2.43 bits per heavy atom. The fraction of sp³-hybridized carbons (Fsp3) is 0.889. The smallest absolute Gasteiger partial charge is 0.147 e. The van der Waals surface area contributed by atoms with Crippen LogP contribution in [0.2, 0.25) is 0 Å². The van der Waals surface area contributed by atoms with Gasteiger partial charge in [0.05, 0.1) is 12.3 Å². The number of rotatable bonds is 7. The van der Waals surface area contributed by atoms with Gasteiger partial charge in [-0.25, -0.2) is 8.42 Å². The van der Waals surface area contributed by atoms with Gasteiger partial charge in [-0.2, -0.15) is 0 Å². The van der Waals surface area contributed by atoms with E-state index in [0.29, 0.717) is 6.04 Å². The van der Waals surface area contributed by atoms with Crippen LogP contribution < -0.4 is 5.32 Å². The van der Waals surface area contributed by atoms with Gasteiger partial charge in [-0.3, -0.25) is 4.79 Å². The van der Waals surface area contributed by atoms with Gasteiger partial charge in [-0.15, -0.1) is 0 Å². The molecule has 1 atom stereocenters. The third-order valence-corrected chi connectivity index (χ3v) is 2.96. The molecule has 0 aromatic rings. The van der Waals surface area contributed by atoms with Gasteiger partial charge < -0.3 is 5.32 Å². The molecule has 1 unspecified atom stereocenters. The second-order valence-electron chi connectivity index (χ2n) is 3.61. The van der Waals surface area contributed by atoms with Crippen LogP contribution in [0.3, 0.4) is 0 Å². The predicted octanol–water partition coefficient (Wildman–Crippen LogP) is 0.378. The van der Waals surface area contributed by atoms with Crippen LogP contribution in [0.15, 0.2) is 0 Å². The van der Waals surface area contributed by atoms with Crippen molar-refractivity contribution in [1.82, 2.24) is 5.32 Å². The van der Waals surface area contributed by atoms with Gasteiger partial charge in [0.15, 0.2) is 0 Å². The highest BCUT2D eigenvalue weighted by Crippen LogP contribution is 1.92. The van der Waals surface area contributed by atoms with E-state index in [1.165, 1.54) is 0 Å². The lowest BCUT2D eigenvalue weighted by Gasteiger charge is -2.09. The second kappa shape index (κ2) is 6.14. The normalized spacial score (nSPS) is 13.9. The molecule has 0 fully saturated rings. The van der Waals surface area contributed by atoms with Crippen LogP contribution >= 0.6 is 0 Å². The zero-order valence-electron chi connectivity index (χ0n) is 9.04. The molecule has 0 aliphatic heterocycles. The fourth-order valence-electron chi connectivity index (χ4n) is 0.820. The van der Waals surface area contributed by atoms with Crippen molar-refractivity contribution in [3.05, 3.63) is 0 Å². The molecule has 0 aliphatic rings. The summed E-state index contributed by atoms with van der Waals surface area (Å²) in [5.41, 5.74) is 0. The number of hydrogen-bond acceptors (Lipinski definition) is 4. The lowest BCUT2D eigenvalue weighted by atomic mass is 10.2. The summed E-state index contributed by atoms with van der Waals surface area (Å²) in [6.07, 6.45) is 2.21. The molecule has 0 heterocycles. The van der Waals surface area contributed by atoms with Crippen LogP contribution in [0, 0.1) is 0 Å². The lowest BCUT2D eigenvalue weighted by molar-refractivity contribution is -0.118. The molecule has 5 heteroatoms. The Balaban J connectivity index is 3.67. The molecule has 0 aliphatic carbocycles. The lowest BCUT2D eigenvalue weighted by Crippen LogP contribution is -2.31. The molecule has 0 radical (unpaired) electrons. The highest BCUT2D eigenvalue weighted by atomic mass is 32.2. The molecule has 4 nitrogen and oxygen atoms in total. The monoisotopic (exact) mass is 221 g/mol. The van der Waals surface area contributed by atoms with E-state index in [0.717, 1.165) is 12.7 Å². The van der Waals surface area contributed by atoms with Gasteiger partial charge in [0, 0.05) is 18.7 Å². The van der Waals surface area contributed by atoms with E-state index in [1.807, 2.05) is 13.8 Å². The minimum absolute atomic E-state index is 0.0456. The van der Waals surface area contributed by atoms with Crippen LogP contribution in [-0.4, -0.2) is 38.8 Å². The zero-order chi connectivity index (χ0) is 11.2. The van der Waals surface area contributed by atoms with Crippen LogP contribution in [-0.2, 0) is 14.6 Å². The number of carbonyl (C=O) groups excluding carboxylic acids is 1. The number of nitrogens with one attached hydrogen (secondary N) is 1. The van der Waals surface area contributed by atoms with Gasteiger partial charge >= 0.3 is 0 Å². The molecule has 0 amide bonds. The SMILES string of the molecule is CCC(C)NCC(=O)CCS(C)(=O)=O. The van der Waals surface area contributed by atoms with Crippen LogP contribution in [0.1, 0.15) is 26.7 Å². The van der Waals surface area contributed by atoms with Crippen molar-refractivity contribution < 1.29 is 13.2 Å². The summed E-state index contributed by atoms with van der Waals surface area (Å²) in [6.45, 7) is 4.28. The summed E-state index contributed by atoms with van der Waals surface area (Å²) < 4.78 is 21.5. The van der Waals surface area contributed by atoms with Crippen molar-refractivity contribution >= 4 is 15.6 Å². The summed E-state index contributed by atoms with van der Waals surface area (Å²) >= 11 is 0. The predicted molar refractivity (Wildman–Crippen MR) is 57.1 cm³/mol. The topological polar surface area (TPSA) is 63.2 Å². The molecular formula is C9H19NO3S. The Morgan fingerprint density at radius 1 is 1.43 bits per heavy atom. The number of hydrogen-bond donors (Lipinski definition) is 1. The third kappa shape index (κ3) is 8.19. The van der Waals surface area contributed by atoms with E-state index in [1.54, 1.807) is 0 Å². The first-order valence-corrected chi connectivity index (χ1v) is 6.84. The molecule has 0 bridgehead atoms. The Bertz CT molecular complexity index is 272. The Kier molecular flexibility index (Phi) is 5.95. The summed E-state index contributed by atoms with van der Waals surface area (Å²) in [6, 6.07) is 0.303. The van der Waals surface area contributed by atoms with Crippen LogP contribution in [0.25, 0.3) is 0 Å². The molecule has 0 saturated carbocycles. The zero-order valence-corrected chi connectivity index (χ0v) is 9.86. The van der Waals surface area contributed by atoms with E-state index in [2.05, 4.69) is 5.32 Å². The van der Waals surface area contributed by atoms with Crippen molar-refractivity contribution in [2.75, 3.05) is 18.6 Å². The van der Waals surface area contributed by atoms with Gasteiger partial charge in [-0.05, 0) is 13.3 Å². The summed E-state index contributed by atoms with van der Waals surface area (Å²) in [5.74, 6) is -0.0932. The minimum Gasteiger partial charge on any atom is -0.308 e. The van der Waals surface area contributed by atoms with Crippen molar-refractivity contribution in [3.8, 4) is 0 Å². The Morgan fingerprint density at radius 2 is 2.00 bits per heavy atom. The maximum Gasteiger partial charge on any atom is 0.147 e. The van der Waals surface area contributed by atoms with Gasteiger partial charge in [0.2, 0.25) is 0 Å². The third-order valence-electron chi connectivity index (χ3n) is 2.01. The largest absolute Gasteiger partial charge is 0.308 e. The molecular weight excluding hydrogens is 202 g/mol. The molecule has 0 aromatic heterocycles. The van der Waals surface area contributed by atoms with Gasteiger partial charge in [0.25, 0.3) is 0 Å². The van der Waals surface area contributed by atoms with E-state index < -0.39 is 9.84 Å². The van der Waals surface area contributed by atoms with Crippen molar-refractivity contribution in [2.45, 2.75) is 32.7 Å². The number of sulfone groups is 1. The van der Waals surface area contributed by atoms with E-state index in [-0.39, 0.29) is 24.5 Å². The molecule has 14 heavy (non-hydrogen) atoms. The van der Waals surface area contributed by atoms with Gasteiger partial charge in [-0.1, -0.05) is 6.92 Å². The first-order chi connectivity index (χ1) is 6.35. The summed E-state index contributed by atoms with van der Waals surface area (Å²) in [5, 5.41) is 3.02. The first kappa shape index (κ1) is 13.6. The highest BCUT2D eigenvalue weighted by molar-refractivity contribution is 7.90. The Labute approximate surface area is 86.0 Å². The summed E-state index contributed by atoms with van der Waals surface area (Å²) in [4.78, 5) is 11.2. The van der Waals surface area contributed by atoms with E-state index in [4.69, 9.17) is 0 Å². The van der Waals surface area contributed by atoms with Crippen LogP contribution in [0.4, 0.5) is 0 Å². The number of ketones is 1. The van der Waals surface area contributed by atoms with Crippen LogP contribution in [0.5, 0.6) is 0 Å². The quantitative estimate of drug-likeness (QED) is 0.675. The molecule has 0 saturated heterocycles. The average molecular weight is 221 g/mol. The molecule has 0 aromatic carbocycles. The number of carbonyl (C=O) groups is 1. The summed E-state index contributed by atoms with van der Waals surface area (Å²) in [7, 11) is -3.01. The van der Waals surface area contributed by atoms with E-state index in [9.17, 15) is 13.2 Å². The minimum atomic E-state index is -3.01. The molecule has 0 spiro atoms. The van der Waals surface area contributed by atoms with E-state index >= 15 is 0 Å². The molecule has 84 valence electrons. The second-order valence-corrected chi connectivity index (χ2v) is 5.87. The first-order valence-electron chi connectivity index (χ1n) is 4.78. The van der Waals surface area contributed by atoms with Crippen molar-refractivity contribution in [1.29, 1.82) is 0 Å². The molecule has 1 N–H and O–H groups in total. The van der Waals surface area contributed by atoms with Crippen molar-refractivity contribution in [2.24, 2.45) is 0 Å². The average Bonchev–Trinajstić information content (AvgIpc) is 2.09. The number of Topliss-reactive ketones (excluding diaryl/α,β-unsaturated/α-hetero) is 1. The fourth-order valence-corrected chi connectivity index (χ4v) is 1.42. The maximum absolute atomic E-state index is 11.2. The van der Waals surface area contributed by atoms with Gasteiger partial charge in [0.1, 0.15) is 15.6 Å². The highest BCUT2D eigenvalue weighted by Gasteiger charge is 2.08.